The fraction of sp³-hybridized carbons (Fsp3) is 0.471. The van der Waals surface area contributed by atoms with Crippen molar-refractivity contribution in [3.8, 4) is 5.75 Å². The van der Waals surface area contributed by atoms with Crippen molar-refractivity contribution in [2.75, 3.05) is 11.1 Å². The summed E-state index contributed by atoms with van der Waals surface area (Å²) in [5.41, 5.74) is 2.18. The second-order valence-electron chi connectivity index (χ2n) is 6.03. The molecule has 2 aromatic rings. The van der Waals surface area contributed by atoms with Crippen molar-refractivity contribution >= 4 is 34.1 Å². The molecule has 5 nitrogen and oxygen atoms in total. The number of aromatic nitrogens is 2. The average Bonchev–Trinajstić information content (AvgIpc) is 2.97. The Morgan fingerprint density at radius 2 is 2.04 bits per heavy atom. The van der Waals surface area contributed by atoms with Crippen LogP contribution in [0.2, 0.25) is 0 Å². The van der Waals surface area contributed by atoms with Crippen molar-refractivity contribution in [2.45, 2.75) is 45.1 Å². The molecule has 1 N–H and O–H groups in total. The van der Waals surface area contributed by atoms with Crippen molar-refractivity contribution < 1.29 is 9.53 Å². The van der Waals surface area contributed by atoms with Crippen LogP contribution in [0, 0.1) is 19.8 Å². The molecular formula is C17H23N3O2S2. The van der Waals surface area contributed by atoms with E-state index in [4.69, 9.17) is 4.74 Å². The summed E-state index contributed by atoms with van der Waals surface area (Å²) in [4.78, 5) is 12.3. The third kappa shape index (κ3) is 5.21. The SMILES string of the molecule is Cc1cccc(OC(C)C(=O)Nc2nnc(SCC(C)C)s2)c1C. The van der Waals surface area contributed by atoms with Gasteiger partial charge in [-0.15, -0.1) is 10.2 Å². The minimum atomic E-state index is -0.610. The number of nitrogens with one attached hydrogen (secondary N) is 1. The Bertz CT molecular complexity index is 701. The lowest BCUT2D eigenvalue weighted by molar-refractivity contribution is -0.122. The van der Waals surface area contributed by atoms with Gasteiger partial charge in [-0.2, -0.15) is 0 Å². The normalized spacial score (nSPS) is 12.2. The van der Waals surface area contributed by atoms with Gasteiger partial charge in [0.05, 0.1) is 0 Å². The van der Waals surface area contributed by atoms with E-state index in [0.717, 1.165) is 27.0 Å². The summed E-state index contributed by atoms with van der Waals surface area (Å²) in [5.74, 6) is 2.06. The van der Waals surface area contributed by atoms with Crippen LogP contribution in [0.1, 0.15) is 31.9 Å². The Labute approximate surface area is 151 Å². The lowest BCUT2D eigenvalue weighted by Gasteiger charge is -2.16. The van der Waals surface area contributed by atoms with Crippen LogP contribution in [0.5, 0.6) is 5.75 Å². The highest BCUT2D eigenvalue weighted by atomic mass is 32.2. The Morgan fingerprint density at radius 1 is 1.29 bits per heavy atom. The highest BCUT2D eigenvalue weighted by Gasteiger charge is 2.18. The van der Waals surface area contributed by atoms with Crippen molar-refractivity contribution in [1.82, 2.24) is 10.2 Å². The molecule has 0 bridgehead atoms. The largest absolute Gasteiger partial charge is 0.481 e. The summed E-state index contributed by atoms with van der Waals surface area (Å²) in [6.45, 7) is 10.0. The Kier molecular flexibility index (Phi) is 6.62. The molecule has 7 heteroatoms. The molecule has 0 aliphatic carbocycles. The van der Waals surface area contributed by atoms with Gasteiger partial charge in [0.2, 0.25) is 5.13 Å². The van der Waals surface area contributed by atoms with Crippen LogP contribution in [-0.2, 0) is 4.79 Å². The number of rotatable bonds is 7. The molecule has 1 atom stereocenters. The minimum absolute atomic E-state index is 0.229. The summed E-state index contributed by atoms with van der Waals surface area (Å²) in [6, 6.07) is 5.81. The summed E-state index contributed by atoms with van der Waals surface area (Å²) in [7, 11) is 0. The fourth-order valence-electron chi connectivity index (χ4n) is 1.86. The molecule has 0 spiro atoms. The zero-order valence-corrected chi connectivity index (χ0v) is 16.3. The van der Waals surface area contributed by atoms with E-state index in [0.29, 0.717) is 11.0 Å². The van der Waals surface area contributed by atoms with Crippen LogP contribution in [0.3, 0.4) is 0 Å². The van der Waals surface area contributed by atoms with Gasteiger partial charge in [-0.1, -0.05) is 49.1 Å². The molecule has 1 unspecified atom stereocenters. The van der Waals surface area contributed by atoms with Gasteiger partial charge >= 0.3 is 0 Å². The van der Waals surface area contributed by atoms with E-state index in [1.807, 2.05) is 32.0 Å². The molecule has 0 saturated carbocycles. The summed E-state index contributed by atoms with van der Waals surface area (Å²) in [6.07, 6.45) is -0.610. The van der Waals surface area contributed by atoms with E-state index in [1.165, 1.54) is 11.3 Å². The molecule has 1 aromatic heterocycles. The number of anilines is 1. The van der Waals surface area contributed by atoms with Crippen molar-refractivity contribution in [3.63, 3.8) is 0 Å². The number of aryl methyl sites for hydroxylation is 1. The van der Waals surface area contributed by atoms with Crippen LogP contribution in [-0.4, -0.2) is 28.0 Å². The van der Waals surface area contributed by atoms with Crippen LogP contribution < -0.4 is 10.1 Å². The van der Waals surface area contributed by atoms with Gasteiger partial charge in [0.25, 0.3) is 5.91 Å². The summed E-state index contributed by atoms with van der Waals surface area (Å²) < 4.78 is 6.65. The van der Waals surface area contributed by atoms with E-state index in [2.05, 4.69) is 29.4 Å². The topological polar surface area (TPSA) is 64.1 Å². The number of ether oxygens (including phenoxy) is 1. The maximum atomic E-state index is 12.3. The molecule has 0 aliphatic heterocycles. The number of thioether (sulfide) groups is 1. The van der Waals surface area contributed by atoms with Crippen LogP contribution in [0.25, 0.3) is 0 Å². The lowest BCUT2D eigenvalue weighted by Crippen LogP contribution is -2.30. The highest BCUT2D eigenvalue weighted by Crippen LogP contribution is 2.27. The first-order valence-corrected chi connectivity index (χ1v) is 9.67. The number of nitrogens with zero attached hydrogens (tertiary/aromatic N) is 2. The number of hydrogen-bond acceptors (Lipinski definition) is 6. The second-order valence-corrected chi connectivity index (χ2v) is 8.27. The lowest BCUT2D eigenvalue weighted by atomic mass is 10.1. The maximum Gasteiger partial charge on any atom is 0.266 e. The first-order chi connectivity index (χ1) is 11.4. The zero-order valence-electron chi connectivity index (χ0n) is 14.6. The molecule has 0 saturated heterocycles. The number of benzene rings is 1. The zero-order chi connectivity index (χ0) is 17.7. The number of carbonyl (C=O) groups excluding carboxylic acids is 1. The standard InChI is InChI=1S/C17H23N3O2S2/c1-10(2)9-23-17-20-19-16(24-17)18-15(21)13(5)22-14-8-6-7-11(3)12(14)4/h6-8,10,13H,9H2,1-5H3,(H,18,19,21). The third-order valence-corrected chi connectivity index (χ3v) is 5.80. The van der Waals surface area contributed by atoms with Gasteiger partial charge in [-0.05, 0) is 43.9 Å². The van der Waals surface area contributed by atoms with Gasteiger partial charge in [-0.25, -0.2) is 0 Å². The molecule has 2 rings (SSSR count). The first-order valence-electron chi connectivity index (χ1n) is 7.87. The summed E-state index contributed by atoms with van der Waals surface area (Å²) >= 11 is 3.04. The van der Waals surface area contributed by atoms with Gasteiger partial charge in [0.15, 0.2) is 10.4 Å². The molecule has 0 fully saturated rings. The molecular weight excluding hydrogens is 342 g/mol. The van der Waals surface area contributed by atoms with Gasteiger partial charge in [-0.3, -0.25) is 10.1 Å². The smallest absolute Gasteiger partial charge is 0.266 e. The van der Waals surface area contributed by atoms with E-state index >= 15 is 0 Å². The van der Waals surface area contributed by atoms with E-state index < -0.39 is 6.10 Å². The maximum absolute atomic E-state index is 12.3. The van der Waals surface area contributed by atoms with Crippen LogP contribution in [0.4, 0.5) is 5.13 Å². The van der Waals surface area contributed by atoms with Crippen molar-refractivity contribution in [1.29, 1.82) is 0 Å². The first kappa shape index (κ1) is 18.7. The molecule has 0 aliphatic rings. The minimum Gasteiger partial charge on any atom is -0.481 e. The summed E-state index contributed by atoms with van der Waals surface area (Å²) in [5, 5.41) is 11.4. The number of hydrogen-bond donors (Lipinski definition) is 1. The van der Waals surface area contributed by atoms with Crippen molar-refractivity contribution in [2.24, 2.45) is 5.92 Å². The van der Waals surface area contributed by atoms with E-state index in [1.54, 1.807) is 18.7 Å². The monoisotopic (exact) mass is 365 g/mol. The quantitative estimate of drug-likeness (QED) is 0.585. The van der Waals surface area contributed by atoms with Gasteiger partial charge < -0.3 is 4.74 Å². The molecule has 24 heavy (non-hydrogen) atoms. The molecule has 1 heterocycles. The van der Waals surface area contributed by atoms with E-state index in [9.17, 15) is 4.79 Å². The van der Waals surface area contributed by atoms with Gasteiger partial charge in [0.1, 0.15) is 5.75 Å². The Morgan fingerprint density at radius 3 is 2.75 bits per heavy atom. The van der Waals surface area contributed by atoms with Crippen LogP contribution >= 0.6 is 23.1 Å². The fourth-order valence-corrected chi connectivity index (χ4v) is 3.59. The predicted molar refractivity (Wildman–Crippen MR) is 100 cm³/mol. The molecule has 0 radical (unpaired) electrons. The third-order valence-electron chi connectivity index (χ3n) is 3.40. The number of amides is 1. The number of carbonyl (C=O) groups is 1. The predicted octanol–water partition coefficient (Wildman–Crippen LogP) is 4.31. The van der Waals surface area contributed by atoms with Crippen molar-refractivity contribution in [3.05, 3.63) is 29.3 Å². The molecule has 1 amide bonds. The molecule has 130 valence electrons. The van der Waals surface area contributed by atoms with E-state index in [-0.39, 0.29) is 5.91 Å². The average molecular weight is 366 g/mol. The van der Waals surface area contributed by atoms with Gasteiger partial charge in [0, 0.05) is 5.75 Å². The Balaban J connectivity index is 1.93. The second kappa shape index (κ2) is 8.48. The van der Waals surface area contributed by atoms with Crippen LogP contribution in [0.15, 0.2) is 22.5 Å². The highest BCUT2D eigenvalue weighted by molar-refractivity contribution is 8.01. The Hall–Kier alpha value is -1.60. The molecule has 1 aromatic carbocycles.